The van der Waals surface area contributed by atoms with Crippen molar-refractivity contribution in [1.82, 2.24) is 15.3 Å². The fourth-order valence-corrected chi connectivity index (χ4v) is 3.84. The van der Waals surface area contributed by atoms with Crippen LogP contribution < -0.4 is 16.5 Å². The number of amides is 1. The van der Waals surface area contributed by atoms with Crippen molar-refractivity contribution < 1.29 is 19.6 Å². The molecular formula is C31H38BBrN4O4. The van der Waals surface area contributed by atoms with E-state index in [1.165, 1.54) is 17.3 Å². The first-order valence-corrected chi connectivity index (χ1v) is 13.9. The van der Waals surface area contributed by atoms with Crippen molar-refractivity contribution in [1.29, 1.82) is 0 Å². The molecule has 10 heteroatoms. The molecule has 0 unspecified atom stereocenters. The maximum absolute atomic E-state index is 11.6. The van der Waals surface area contributed by atoms with Gasteiger partial charge in [0.2, 0.25) is 0 Å². The lowest BCUT2D eigenvalue weighted by Crippen LogP contribution is -2.34. The number of carbonyl (C=O) groups excluding carboxylic acids is 1. The Morgan fingerprint density at radius 3 is 2.10 bits per heavy atom. The smallest absolute Gasteiger partial charge is 0.444 e. The number of rotatable bonds is 5. The number of nitrogens with zero attached hydrogens (tertiary/aromatic N) is 2. The van der Waals surface area contributed by atoms with Gasteiger partial charge in [-0.15, -0.1) is 0 Å². The van der Waals surface area contributed by atoms with Crippen LogP contribution in [-0.4, -0.2) is 38.8 Å². The number of nitrogens with one attached hydrogen (secondary N) is 1. The van der Waals surface area contributed by atoms with Gasteiger partial charge in [0.1, 0.15) is 5.60 Å². The van der Waals surface area contributed by atoms with Crippen molar-refractivity contribution in [3.63, 3.8) is 0 Å². The summed E-state index contributed by atoms with van der Waals surface area (Å²) in [5, 5.41) is 19.9. The van der Waals surface area contributed by atoms with Crippen LogP contribution in [0.2, 0.25) is 0 Å². The highest BCUT2D eigenvalue weighted by molar-refractivity contribution is 9.10. The number of halogens is 1. The van der Waals surface area contributed by atoms with Gasteiger partial charge >= 0.3 is 13.2 Å². The number of hydrogen-bond donors (Lipinski definition) is 4. The highest BCUT2D eigenvalue weighted by atomic mass is 79.9. The minimum atomic E-state index is -1.40. The van der Waals surface area contributed by atoms with Gasteiger partial charge in [0, 0.05) is 40.8 Å². The molecule has 2 heterocycles. The van der Waals surface area contributed by atoms with Gasteiger partial charge in [-0.05, 0) is 93.3 Å². The van der Waals surface area contributed by atoms with E-state index in [4.69, 9.17) is 20.5 Å². The Bertz CT molecular complexity index is 1340. The number of carbonyl (C=O) groups is 1. The van der Waals surface area contributed by atoms with Crippen molar-refractivity contribution in [3.05, 3.63) is 113 Å². The normalized spacial score (nSPS) is 11.9. The second kappa shape index (κ2) is 16.6. The van der Waals surface area contributed by atoms with Gasteiger partial charge in [0.05, 0.1) is 6.04 Å². The van der Waals surface area contributed by atoms with Gasteiger partial charge in [-0.2, -0.15) is 0 Å². The molecule has 0 aliphatic heterocycles. The first kappa shape index (κ1) is 33.6. The number of hydrogen-bond acceptors (Lipinski definition) is 7. The molecule has 5 N–H and O–H groups in total. The summed E-state index contributed by atoms with van der Waals surface area (Å²) in [6.07, 6.45) is 6.18. The van der Waals surface area contributed by atoms with E-state index in [2.05, 4.69) is 49.4 Å². The molecule has 0 saturated heterocycles. The highest BCUT2D eigenvalue weighted by Crippen LogP contribution is 2.22. The van der Waals surface area contributed by atoms with Gasteiger partial charge < -0.3 is 25.8 Å². The van der Waals surface area contributed by atoms with Crippen molar-refractivity contribution in [2.75, 3.05) is 0 Å². The Kier molecular flexibility index (Phi) is 13.7. The first-order valence-electron chi connectivity index (χ1n) is 13.1. The van der Waals surface area contributed by atoms with Crippen LogP contribution in [0.3, 0.4) is 0 Å². The summed E-state index contributed by atoms with van der Waals surface area (Å²) >= 11 is 3.40. The summed E-state index contributed by atoms with van der Waals surface area (Å²) in [5.41, 5.74) is 10.3. The number of ether oxygens (including phenoxy) is 1. The third-order valence-electron chi connectivity index (χ3n) is 5.49. The van der Waals surface area contributed by atoms with E-state index in [1.54, 1.807) is 30.7 Å². The molecule has 0 spiro atoms. The van der Waals surface area contributed by atoms with E-state index in [0.29, 0.717) is 5.46 Å². The molecular weight excluding hydrogens is 583 g/mol. The molecule has 0 aliphatic carbocycles. The molecule has 8 nitrogen and oxygen atoms in total. The summed E-state index contributed by atoms with van der Waals surface area (Å²) in [5.74, 6) is 0. The Hall–Kier alpha value is -3.57. The zero-order valence-electron chi connectivity index (χ0n) is 24.0. The van der Waals surface area contributed by atoms with E-state index in [-0.39, 0.29) is 12.1 Å². The molecule has 4 aromatic rings. The molecule has 0 bridgehead atoms. The minimum absolute atomic E-state index is 0.0757. The van der Waals surface area contributed by atoms with Crippen molar-refractivity contribution in [2.45, 2.75) is 52.3 Å². The molecule has 41 heavy (non-hydrogen) atoms. The average molecular weight is 621 g/mol. The van der Waals surface area contributed by atoms with Crippen LogP contribution >= 0.6 is 15.9 Å². The fraction of sp³-hybridized carbons (Fsp3) is 0.258. The van der Waals surface area contributed by atoms with Crippen LogP contribution in [0.15, 0.2) is 102 Å². The van der Waals surface area contributed by atoms with Gasteiger partial charge in [0.25, 0.3) is 0 Å². The lowest BCUT2D eigenvalue weighted by atomic mass is 9.82. The van der Waals surface area contributed by atoms with Gasteiger partial charge in [-0.25, -0.2) is 4.79 Å². The van der Waals surface area contributed by atoms with Crippen LogP contribution in [0, 0.1) is 0 Å². The van der Waals surface area contributed by atoms with Crippen molar-refractivity contribution in [2.24, 2.45) is 5.73 Å². The Balaban J connectivity index is 0.000000225. The number of aromatic nitrogens is 2. The number of pyridine rings is 2. The number of alkyl carbamates (subject to hydrolysis) is 1. The Morgan fingerprint density at radius 2 is 1.56 bits per heavy atom. The molecule has 0 fully saturated rings. The SMILES string of the molecule is C[C@H](N)c1cccc(-c2ccncc2)c1.C[C@H](NC(=O)OC(C)(C)C)c1cccc(Br)c1.OB(O)c1cccnc1. The maximum atomic E-state index is 11.6. The van der Waals surface area contributed by atoms with E-state index in [0.717, 1.165) is 15.6 Å². The molecule has 2 aromatic heterocycles. The standard InChI is InChI=1S/C13H18BrNO2.C13H14N2.C5H6BNO2/c1-9(10-6-5-7-11(14)8-10)15-12(16)17-13(2,3)4;1-10(14)12-3-2-4-13(9-12)11-5-7-15-8-6-11;8-6(9)5-2-1-3-7-4-5/h5-9H,1-4H3,(H,15,16);2-10H,14H2,1H3;1-4,8-9H/t9-;10-;/m00./s1. The summed E-state index contributed by atoms with van der Waals surface area (Å²) in [7, 11) is -1.40. The zero-order valence-corrected chi connectivity index (χ0v) is 25.6. The lowest BCUT2D eigenvalue weighted by molar-refractivity contribution is 0.0508. The predicted octanol–water partition coefficient (Wildman–Crippen LogP) is 5.56. The third kappa shape index (κ3) is 13.1. The van der Waals surface area contributed by atoms with Crippen molar-refractivity contribution in [3.8, 4) is 11.1 Å². The van der Waals surface area contributed by atoms with Crippen LogP contribution in [0.25, 0.3) is 11.1 Å². The van der Waals surface area contributed by atoms with Gasteiger partial charge in [-0.3, -0.25) is 9.97 Å². The summed E-state index contributed by atoms with van der Waals surface area (Å²) < 4.78 is 6.19. The second-order valence-electron chi connectivity index (χ2n) is 10.2. The Morgan fingerprint density at radius 1 is 0.902 bits per heavy atom. The van der Waals surface area contributed by atoms with E-state index < -0.39 is 18.8 Å². The van der Waals surface area contributed by atoms with E-state index in [9.17, 15) is 4.79 Å². The van der Waals surface area contributed by atoms with E-state index in [1.807, 2.05) is 77.1 Å². The quantitative estimate of drug-likeness (QED) is 0.215. The maximum Gasteiger partial charge on any atom is 0.490 e. The molecule has 2 atom stereocenters. The summed E-state index contributed by atoms with van der Waals surface area (Å²) in [6, 6.07) is 23.4. The van der Waals surface area contributed by atoms with Crippen LogP contribution in [-0.2, 0) is 4.74 Å². The first-order chi connectivity index (χ1) is 19.4. The van der Waals surface area contributed by atoms with Crippen molar-refractivity contribution >= 4 is 34.6 Å². The zero-order chi connectivity index (χ0) is 30.4. The van der Waals surface area contributed by atoms with Crippen LogP contribution in [0.1, 0.15) is 57.8 Å². The topological polar surface area (TPSA) is 131 Å². The number of benzene rings is 2. The monoisotopic (exact) mass is 620 g/mol. The molecule has 2 aromatic carbocycles. The molecule has 1 amide bonds. The third-order valence-corrected chi connectivity index (χ3v) is 5.98. The predicted molar refractivity (Wildman–Crippen MR) is 168 cm³/mol. The van der Waals surface area contributed by atoms with Crippen LogP contribution in [0.5, 0.6) is 0 Å². The lowest BCUT2D eigenvalue weighted by Gasteiger charge is -2.22. The summed E-state index contributed by atoms with van der Waals surface area (Å²) in [4.78, 5) is 19.3. The Labute approximate surface area is 251 Å². The minimum Gasteiger partial charge on any atom is -0.444 e. The fourth-order valence-electron chi connectivity index (χ4n) is 3.42. The molecule has 0 saturated carbocycles. The highest BCUT2D eigenvalue weighted by Gasteiger charge is 2.18. The van der Waals surface area contributed by atoms with Gasteiger partial charge in [-0.1, -0.05) is 52.3 Å². The van der Waals surface area contributed by atoms with Crippen LogP contribution in [0.4, 0.5) is 4.79 Å². The molecule has 4 rings (SSSR count). The van der Waals surface area contributed by atoms with Gasteiger partial charge in [0.15, 0.2) is 0 Å². The second-order valence-corrected chi connectivity index (χ2v) is 11.1. The largest absolute Gasteiger partial charge is 0.490 e. The average Bonchev–Trinajstić information content (AvgIpc) is 2.94. The number of nitrogens with two attached hydrogens (primary N) is 1. The van der Waals surface area contributed by atoms with E-state index >= 15 is 0 Å². The molecule has 0 radical (unpaired) electrons. The molecule has 0 aliphatic rings. The molecule has 216 valence electrons. The summed E-state index contributed by atoms with van der Waals surface area (Å²) in [6.45, 7) is 9.44.